The Morgan fingerprint density at radius 2 is 1.71 bits per heavy atom. The maximum absolute atomic E-state index is 13.6. The molecule has 3 rings (SSSR count). The molecule has 0 bridgehead atoms. The first kappa shape index (κ1) is 15.7. The van der Waals surface area contributed by atoms with Crippen LogP contribution in [0.5, 0.6) is 5.75 Å². The lowest BCUT2D eigenvalue weighted by molar-refractivity contribution is 0.0845. The predicted molar refractivity (Wildman–Crippen MR) is 86.5 cm³/mol. The molecule has 5 N–H and O–H groups in total. The Balaban J connectivity index is 1.82. The molecule has 0 radical (unpaired) electrons. The van der Waals surface area contributed by atoms with Crippen molar-refractivity contribution < 1.29 is 19.1 Å². The van der Waals surface area contributed by atoms with Crippen molar-refractivity contribution in [1.82, 2.24) is 20.8 Å². The highest BCUT2D eigenvalue weighted by molar-refractivity contribution is 7.71. The highest BCUT2D eigenvalue weighted by Crippen LogP contribution is 2.18. The van der Waals surface area contributed by atoms with Gasteiger partial charge in [0.2, 0.25) is 0 Å². The lowest BCUT2D eigenvalue weighted by Gasteiger charge is -2.09. The third-order valence-electron chi connectivity index (χ3n) is 3.27. The van der Waals surface area contributed by atoms with Crippen molar-refractivity contribution in [3.05, 3.63) is 58.1 Å². The van der Waals surface area contributed by atoms with E-state index >= 15 is 0 Å². The number of hydrogen-bond acceptors (Lipinski definition) is 4. The molecule has 0 aliphatic rings. The minimum absolute atomic E-state index is 0.0109. The lowest BCUT2D eigenvalue weighted by atomic mass is 10.1. The van der Waals surface area contributed by atoms with Crippen molar-refractivity contribution in [1.29, 1.82) is 0 Å². The monoisotopic (exact) mass is 346 g/mol. The van der Waals surface area contributed by atoms with Crippen molar-refractivity contribution >= 4 is 35.1 Å². The van der Waals surface area contributed by atoms with E-state index in [2.05, 4.69) is 20.8 Å². The van der Waals surface area contributed by atoms with Gasteiger partial charge in [-0.3, -0.25) is 20.4 Å². The van der Waals surface area contributed by atoms with Gasteiger partial charge in [-0.2, -0.15) is 0 Å². The van der Waals surface area contributed by atoms with Crippen LogP contribution in [0.25, 0.3) is 11.0 Å². The smallest absolute Gasteiger partial charge is 0.273 e. The van der Waals surface area contributed by atoms with Crippen molar-refractivity contribution in [2.75, 3.05) is 0 Å². The molecule has 1 heterocycles. The van der Waals surface area contributed by atoms with Gasteiger partial charge in [0.15, 0.2) is 4.77 Å². The number of fused-ring (bicyclic) bond motifs is 1. The molecular weight excluding hydrogens is 335 g/mol. The highest BCUT2D eigenvalue weighted by Gasteiger charge is 2.16. The van der Waals surface area contributed by atoms with Crippen LogP contribution in [0.15, 0.2) is 36.4 Å². The fourth-order valence-electron chi connectivity index (χ4n) is 2.20. The molecule has 0 fully saturated rings. The molecule has 0 saturated heterocycles. The molecule has 24 heavy (non-hydrogen) atoms. The summed E-state index contributed by atoms with van der Waals surface area (Å²) >= 11 is 4.92. The van der Waals surface area contributed by atoms with Crippen LogP contribution in [0.2, 0.25) is 0 Å². The van der Waals surface area contributed by atoms with E-state index in [1.807, 2.05) is 0 Å². The molecule has 7 nitrogen and oxygen atoms in total. The summed E-state index contributed by atoms with van der Waals surface area (Å²) in [7, 11) is 0. The van der Waals surface area contributed by atoms with Gasteiger partial charge in [0.25, 0.3) is 11.8 Å². The second kappa shape index (κ2) is 6.13. The molecular formula is C15H11FN4O3S. The van der Waals surface area contributed by atoms with Gasteiger partial charge >= 0.3 is 0 Å². The summed E-state index contributed by atoms with van der Waals surface area (Å²) in [6.07, 6.45) is 0. The number of carbonyl (C=O) groups is 2. The average molecular weight is 346 g/mol. The van der Waals surface area contributed by atoms with Crippen LogP contribution in [0.3, 0.4) is 0 Å². The van der Waals surface area contributed by atoms with Crippen LogP contribution >= 0.6 is 12.2 Å². The number of aromatic amines is 2. The first-order valence-corrected chi connectivity index (χ1v) is 7.17. The van der Waals surface area contributed by atoms with Gasteiger partial charge in [-0.1, -0.05) is 12.1 Å². The summed E-state index contributed by atoms with van der Waals surface area (Å²) in [6.45, 7) is 0. The van der Waals surface area contributed by atoms with Gasteiger partial charge < -0.3 is 15.1 Å². The number of phenols is 1. The highest BCUT2D eigenvalue weighted by atomic mass is 32.1. The number of hydrogen-bond donors (Lipinski definition) is 5. The number of phenolic OH excluding ortho intramolecular Hbond substituents is 1. The molecule has 2 aromatic carbocycles. The van der Waals surface area contributed by atoms with E-state index in [1.165, 1.54) is 18.2 Å². The quantitative estimate of drug-likeness (QED) is 0.362. The number of aromatic hydroxyl groups is 1. The molecule has 0 aliphatic heterocycles. The average Bonchev–Trinajstić information content (AvgIpc) is 2.91. The van der Waals surface area contributed by atoms with E-state index in [0.717, 1.165) is 6.07 Å². The molecule has 0 aliphatic carbocycles. The summed E-state index contributed by atoms with van der Waals surface area (Å²) in [5.74, 6) is -2.32. The Hall–Kier alpha value is -3.20. The zero-order valence-electron chi connectivity index (χ0n) is 12.0. The van der Waals surface area contributed by atoms with Crippen LogP contribution < -0.4 is 10.9 Å². The number of carbonyl (C=O) groups excluding carboxylic acids is 2. The Kier molecular flexibility index (Phi) is 4.00. The van der Waals surface area contributed by atoms with E-state index in [0.29, 0.717) is 11.0 Å². The third kappa shape index (κ3) is 2.97. The first-order chi connectivity index (χ1) is 11.5. The molecule has 9 heteroatoms. The van der Waals surface area contributed by atoms with Gasteiger partial charge in [0.05, 0.1) is 22.2 Å². The number of imidazole rings is 1. The van der Waals surface area contributed by atoms with E-state index in [9.17, 15) is 19.1 Å². The number of rotatable bonds is 2. The number of amides is 2. The maximum atomic E-state index is 13.6. The van der Waals surface area contributed by atoms with Crippen molar-refractivity contribution in [2.24, 2.45) is 0 Å². The first-order valence-electron chi connectivity index (χ1n) is 6.76. The number of halogens is 1. The number of H-pyrrole nitrogens is 2. The van der Waals surface area contributed by atoms with Crippen LogP contribution in [0.1, 0.15) is 20.7 Å². The number of aromatic nitrogens is 2. The van der Waals surface area contributed by atoms with Crippen LogP contribution in [0, 0.1) is 10.6 Å². The summed E-state index contributed by atoms with van der Waals surface area (Å²) in [4.78, 5) is 29.6. The molecule has 0 atom stereocenters. The van der Waals surface area contributed by atoms with Crippen LogP contribution in [0.4, 0.5) is 4.39 Å². The summed E-state index contributed by atoms with van der Waals surface area (Å²) in [5.41, 5.74) is 4.93. The molecule has 0 spiro atoms. The van der Waals surface area contributed by atoms with Gasteiger partial charge in [-0.05, 0) is 36.5 Å². The molecule has 3 aromatic rings. The van der Waals surface area contributed by atoms with Crippen LogP contribution in [-0.2, 0) is 0 Å². The number of nitrogens with one attached hydrogen (secondary N) is 4. The minimum Gasteiger partial charge on any atom is -0.507 e. The fourth-order valence-corrected chi connectivity index (χ4v) is 2.41. The van der Waals surface area contributed by atoms with E-state index < -0.39 is 17.6 Å². The van der Waals surface area contributed by atoms with Crippen molar-refractivity contribution in [3.63, 3.8) is 0 Å². The standard InChI is InChI=1S/C15H11FN4O3S/c16-7-5-9(12-10(6-7)17-15(24)18-12)14(23)20-19-13(22)8-3-1-2-4-11(8)21/h1-6,21H,(H,19,22)(H,20,23)(H2,17,18,24). The van der Waals surface area contributed by atoms with Crippen molar-refractivity contribution in [2.45, 2.75) is 0 Å². The Bertz CT molecular complexity index is 1010. The Morgan fingerprint density at radius 1 is 1.04 bits per heavy atom. The summed E-state index contributed by atoms with van der Waals surface area (Å²) < 4.78 is 13.9. The summed E-state index contributed by atoms with van der Waals surface area (Å²) in [5, 5.41) is 9.60. The Morgan fingerprint density at radius 3 is 2.42 bits per heavy atom. The zero-order chi connectivity index (χ0) is 17.3. The normalized spacial score (nSPS) is 10.5. The second-order valence-electron chi connectivity index (χ2n) is 4.88. The lowest BCUT2D eigenvalue weighted by Crippen LogP contribution is -2.41. The van der Waals surface area contributed by atoms with Gasteiger partial charge in [-0.25, -0.2) is 4.39 Å². The molecule has 0 unspecified atom stereocenters. The molecule has 122 valence electrons. The Labute approximate surface area is 139 Å². The second-order valence-corrected chi connectivity index (χ2v) is 5.29. The van der Waals surface area contributed by atoms with Crippen LogP contribution in [-0.4, -0.2) is 26.9 Å². The number of para-hydroxylation sites is 1. The minimum atomic E-state index is -0.742. The summed E-state index contributed by atoms with van der Waals surface area (Å²) in [6, 6.07) is 8.06. The zero-order valence-corrected chi connectivity index (χ0v) is 12.8. The van der Waals surface area contributed by atoms with E-state index in [-0.39, 0.29) is 21.6 Å². The number of hydrazine groups is 1. The van der Waals surface area contributed by atoms with E-state index in [1.54, 1.807) is 12.1 Å². The van der Waals surface area contributed by atoms with Gasteiger partial charge in [0.1, 0.15) is 11.6 Å². The van der Waals surface area contributed by atoms with Gasteiger partial charge in [-0.15, -0.1) is 0 Å². The topological polar surface area (TPSA) is 110 Å². The predicted octanol–water partition coefficient (Wildman–Crippen LogP) is 2.14. The largest absolute Gasteiger partial charge is 0.507 e. The van der Waals surface area contributed by atoms with Gasteiger partial charge in [0, 0.05) is 0 Å². The SMILES string of the molecule is O=C(NNC(=O)c1cc(F)cc2[nH]c(=S)[nH]c12)c1ccccc1O. The molecule has 2 amide bonds. The van der Waals surface area contributed by atoms with E-state index in [4.69, 9.17) is 12.2 Å². The molecule has 0 saturated carbocycles. The maximum Gasteiger partial charge on any atom is 0.273 e. The number of benzene rings is 2. The molecule has 1 aromatic heterocycles. The fraction of sp³-hybridized carbons (Fsp3) is 0. The third-order valence-corrected chi connectivity index (χ3v) is 3.48. The van der Waals surface area contributed by atoms with Crippen molar-refractivity contribution in [3.8, 4) is 5.75 Å².